The molecule has 0 spiro atoms. The first-order chi connectivity index (χ1) is 14.3. The molecule has 1 aliphatic rings. The average molecular weight is 386 g/mol. The molecule has 0 aromatic heterocycles. The number of benzene rings is 3. The van der Waals surface area contributed by atoms with E-state index in [0.717, 1.165) is 35.8 Å². The molecule has 1 fully saturated rings. The van der Waals surface area contributed by atoms with Crippen molar-refractivity contribution in [2.24, 2.45) is 0 Å². The van der Waals surface area contributed by atoms with E-state index in [1.165, 1.54) is 19.3 Å². The van der Waals surface area contributed by atoms with Crippen LogP contribution in [-0.4, -0.2) is 19.0 Å². The summed E-state index contributed by atoms with van der Waals surface area (Å²) in [6.07, 6.45) is 3.67. The molecule has 29 heavy (non-hydrogen) atoms. The molecule has 4 heteroatoms. The number of anilines is 2. The monoisotopic (exact) mass is 386 g/mol. The number of hydrogen-bond acceptors (Lipinski definition) is 3. The fourth-order valence-electron chi connectivity index (χ4n) is 3.73. The Labute approximate surface area is 172 Å². The predicted octanol–water partition coefficient (Wildman–Crippen LogP) is 5.51. The van der Waals surface area contributed by atoms with Crippen LogP contribution in [0.1, 0.15) is 35.2 Å². The maximum Gasteiger partial charge on any atom is 0.256 e. The van der Waals surface area contributed by atoms with E-state index in [1.54, 1.807) is 0 Å². The van der Waals surface area contributed by atoms with Gasteiger partial charge in [-0.25, -0.2) is 0 Å². The number of piperidine rings is 1. The van der Waals surface area contributed by atoms with Crippen LogP contribution in [-0.2, 0) is 6.61 Å². The molecule has 1 amide bonds. The fraction of sp³-hybridized carbons (Fsp3) is 0.240. The summed E-state index contributed by atoms with van der Waals surface area (Å²) in [6, 6.07) is 25.3. The maximum absolute atomic E-state index is 13.1. The predicted molar refractivity (Wildman–Crippen MR) is 118 cm³/mol. The van der Waals surface area contributed by atoms with Gasteiger partial charge in [-0.15, -0.1) is 0 Å². The van der Waals surface area contributed by atoms with Crippen molar-refractivity contribution in [3.8, 4) is 5.75 Å². The van der Waals surface area contributed by atoms with E-state index in [0.29, 0.717) is 12.2 Å². The molecule has 0 saturated carbocycles. The van der Waals surface area contributed by atoms with Crippen molar-refractivity contribution in [1.82, 2.24) is 0 Å². The number of rotatable bonds is 6. The third-order valence-corrected chi connectivity index (χ3v) is 5.25. The molecule has 1 N–H and O–H groups in total. The van der Waals surface area contributed by atoms with Crippen LogP contribution < -0.4 is 15.0 Å². The number of ether oxygens (including phenoxy) is 1. The summed E-state index contributed by atoms with van der Waals surface area (Å²) in [7, 11) is 0. The van der Waals surface area contributed by atoms with E-state index < -0.39 is 0 Å². The lowest BCUT2D eigenvalue weighted by molar-refractivity contribution is 0.102. The van der Waals surface area contributed by atoms with Crippen molar-refractivity contribution in [2.75, 3.05) is 23.3 Å². The van der Waals surface area contributed by atoms with Gasteiger partial charge >= 0.3 is 0 Å². The van der Waals surface area contributed by atoms with Crippen LogP contribution in [0.25, 0.3) is 0 Å². The standard InChI is InChI=1S/C25H26N2O2/c28-25(26-23-15-7-8-16-24(23)27-17-9-2-10-18-27)22-14-6-5-11-20(22)19-29-21-12-3-1-4-13-21/h1,3-8,11-16H,2,9-10,17-19H2,(H,26,28). The topological polar surface area (TPSA) is 41.6 Å². The first kappa shape index (κ1) is 19.1. The molecular formula is C25H26N2O2. The lowest BCUT2D eigenvalue weighted by Crippen LogP contribution is -2.30. The Morgan fingerprint density at radius 1 is 0.828 bits per heavy atom. The highest BCUT2D eigenvalue weighted by Gasteiger charge is 2.17. The number of carbonyl (C=O) groups excluding carboxylic acids is 1. The molecule has 1 saturated heterocycles. The molecule has 4 nitrogen and oxygen atoms in total. The van der Waals surface area contributed by atoms with Gasteiger partial charge in [-0.05, 0) is 49.6 Å². The summed E-state index contributed by atoms with van der Waals surface area (Å²) in [5.74, 6) is 0.680. The zero-order chi connectivity index (χ0) is 19.9. The van der Waals surface area contributed by atoms with Crippen molar-refractivity contribution in [2.45, 2.75) is 25.9 Å². The number of amides is 1. The molecular weight excluding hydrogens is 360 g/mol. The van der Waals surface area contributed by atoms with Crippen LogP contribution in [0.5, 0.6) is 5.75 Å². The fourth-order valence-corrected chi connectivity index (χ4v) is 3.73. The smallest absolute Gasteiger partial charge is 0.256 e. The van der Waals surface area contributed by atoms with Crippen LogP contribution in [0, 0.1) is 0 Å². The van der Waals surface area contributed by atoms with E-state index in [-0.39, 0.29) is 5.91 Å². The first-order valence-corrected chi connectivity index (χ1v) is 10.2. The highest BCUT2D eigenvalue weighted by Crippen LogP contribution is 2.29. The van der Waals surface area contributed by atoms with Crippen molar-refractivity contribution in [3.63, 3.8) is 0 Å². The average Bonchev–Trinajstić information content (AvgIpc) is 2.79. The van der Waals surface area contributed by atoms with Gasteiger partial charge in [-0.1, -0.05) is 48.5 Å². The van der Waals surface area contributed by atoms with E-state index in [4.69, 9.17) is 4.74 Å². The van der Waals surface area contributed by atoms with Crippen molar-refractivity contribution >= 4 is 17.3 Å². The Balaban J connectivity index is 1.51. The maximum atomic E-state index is 13.1. The second-order valence-electron chi connectivity index (χ2n) is 7.28. The Kier molecular flexibility index (Phi) is 6.10. The highest BCUT2D eigenvalue weighted by molar-refractivity contribution is 6.06. The van der Waals surface area contributed by atoms with Gasteiger partial charge in [0.2, 0.25) is 0 Å². The second-order valence-corrected chi connectivity index (χ2v) is 7.28. The molecule has 0 atom stereocenters. The lowest BCUT2D eigenvalue weighted by Gasteiger charge is -2.30. The van der Waals surface area contributed by atoms with E-state index in [9.17, 15) is 4.79 Å². The second kappa shape index (κ2) is 9.28. The zero-order valence-corrected chi connectivity index (χ0v) is 16.5. The summed E-state index contributed by atoms with van der Waals surface area (Å²) in [5.41, 5.74) is 3.46. The molecule has 1 heterocycles. The summed E-state index contributed by atoms with van der Waals surface area (Å²) < 4.78 is 5.86. The number of carbonyl (C=O) groups is 1. The lowest BCUT2D eigenvalue weighted by atomic mass is 10.1. The van der Waals surface area contributed by atoms with Gasteiger partial charge in [-0.3, -0.25) is 4.79 Å². The minimum Gasteiger partial charge on any atom is -0.489 e. The third kappa shape index (κ3) is 4.77. The Hall–Kier alpha value is -3.27. The molecule has 3 aromatic carbocycles. The van der Waals surface area contributed by atoms with Crippen LogP contribution in [0.3, 0.4) is 0 Å². The van der Waals surface area contributed by atoms with Crippen LogP contribution in [0.15, 0.2) is 78.9 Å². The molecule has 148 valence electrons. The van der Waals surface area contributed by atoms with Gasteiger partial charge in [0, 0.05) is 24.2 Å². The van der Waals surface area contributed by atoms with Crippen molar-refractivity contribution in [1.29, 1.82) is 0 Å². The van der Waals surface area contributed by atoms with Gasteiger partial charge in [0.05, 0.1) is 11.4 Å². The number of nitrogens with zero attached hydrogens (tertiary/aromatic N) is 1. The Morgan fingerprint density at radius 2 is 1.52 bits per heavy atom. The largest absolute Gasteiger partial charge is 0.489 e. The number of hydrogen-bond donors (Lipinski definition) is 1. The summed E-state index contributed by atoms with van der Waals surface area (Å²) in [4.78, 5) is 15.5. The normalized spacial score (nSPS) is 13.7. The van der Waals surface area contributed by atoms with Crippen LogP contribution in [0.4, 0.5) is 11.4 Å². The summed E-state index contributed by atoms with van der Waals surface area (Å²) in [5, 5.41) is 3.13. The van der Waals surface area contributed by atoms with Gasteiger partial charge in [0.15, 0.2) is 0 Å². The summed E-state index contributed by atoms with van der Waals surface area (Å²) in [6.45, 7) is 2.42. The molecule has 0 bridgehead atoms. The van der Waals surface area contributed by atoms with Gasteiger partial charge < -0.3 is 15.0 Å². The van der Waals surface area contributed by atoms with E-state index in [1.807, 2.05) is 72.8 Å². The van der Waals surface area contributed by atoms with Crippen LogP contribution in [0.2, 0.25) is 0 Å². The SMILES string of the molecule is O=C(Nc1ccccc1N1CCCCC1)c1ccccc1COc1ccccc1. The minimum atomic E-state index is -0.110. The highest BCUT2D eigenvalue weighted by atomic mass is 16.5. The van der Waals surface area contributed by atoms with E-state index >= 15 is 0 Å². The first-order valence-electron chi connectivity index (χ1n) is 10.2. The summed E-state index contributed by atoms with van der Waals surface area (Å²) >= 11 is 0. The third-order valence-electron chi connectivity index (χ3n) is 5.25. The molecule has 0 unspecified atom stereocenters. The van der Waals surface area contributed by atoms with E-state index in [2.05, 4.69) is 16.3 Å². The van der Waals surface area contributed by atoms with Crippen molar-refractivity contribution in [3.05, 3.63) is 90.0 Å². The van der Waals surface area contributed by atoms with Gasteiger partial charge in [0.25, 0.3) is 5.91 Å². The van der Waals surface area contributed by atoms with Crippen molar-refractivity contribution < 1.29 is 9.53 Å². The molecule has 4 rings (SSSR count). The quantitative estimate of drug-likeness (QED) is 0.607. The zero-order valence-electron chi connectivity index (χ0n) is 16.5. The number of para-hydroxylation sites is 3. The van der Waals surface area contributed by atoms with Crippen LogP contribution >= 0.6 is 0 Å². The number of nitrogens with one attached hydrogen (secondary N) is 1. The minimum absolute atomic E-state index is 0.110. The Morgan fingerprint density at radius 3 is 2.34 bits per heavy atom. The molecule has 3 aromatic rings. The Bertz CT molecular complexity index is 950. The molecule has 0 radical (unpaired) electrons. The molecule has 1 aliphatic heterocycles. The van der Waals surface area contributed by atoms with Gasteiger partial charge in [0.1, 0.15) is 12.4 Å². The van der Waals surface area contributed by atoms with Gasteiger partial charge in [-0.2, -0.15) is 0 Å². The molecule has 0 aliphatic carbocycles.